The van der Waals surface area contributed by atoms with Gasteiger partial charge in [0.15, 0.2) is 0 Å². The van der Waals surface area contributed by atoms with Gasteiger partial charge in [-0.1, -0.05) is 70.4 Å². The zero-order valence-corrected chi connectivity index (χ0v) is 17.6. The first-order chi connectivity index (χ1) is 13.0. The van der Waals surface area contributed by atoms with Crippen molar-refractivity contribution in [1.82, 2.24) is 9.80 Å². The van der Waals surface area contributed by atoms with Crippen molar-refractivity contribution in [3.63, 3.8) is 0 Å². The molecule has 4 nitrogen and oxygen atoms in total. The number of amides is 1. The number of carbonyl (C=O) groups is 1. The topological polar surface area (TPSA) is 49.6 Å². The Morgan fingerprint density at radius 2 is 1.78 bits per heavy atom. The summed E-state index contributed by atoms with van der Waals surface area (Å²) in [6, 6.07) is 0. The molecule has 0 aromatic rings. The van der Waals surface area contributed by atoms with Crippen molar-refractivity contribution in [3.8, 4) is 0 Å². The van der Waals surface area contributed by atoms with Gasteiger partial charge in [0.2, 0.25) is 0 Å². The Bertz CT molecular complexity index is 597. The van der Waals surface area contributed by atoms with Crippen LogP contribution in [0.5, 0.6) is 0 Å². The van der Waals surface area contributed by atoms with Gasteiger partial charge in [0.05, 0.1) is 6.67 Å². The molecule has 0 heterocycles. The molecule has 4 heteroatoms. The second kappa shape index (κ2) is 14.8. The van der Waals surface area contributed by atoms with Crippen LogP contribution in [0.3, 0.4) is 0 Å². The molecule has 0 aromatic heterocycles. The van der Waals surface area contributed by atoms with Crippen LogP contribution in [0.15, 0.2) is 72.8 Å². The Hall–Kier alpha value is -2.33. The Morgan fingerprint density at radius 1 is 1.07 bits per heavy atom. The molecule has 0 atom stereocenters. The van der Waals surface area contributed by atoms with E-state index in [1.165, 1.54) is 16.8 Å². The van der Waals surface area contributed by atoms with Crippen molar-refractivity contribution in [1.29, 1.82) is 0 Å². The second-order valence-electron chi connectivity index (χ2n) is 6.14. The summed E-state index contributed by atoms with van der Waals surface area (Å²) >= 11 is 0. The normalized spacial score (nSPS) is 12.6. The third kappa shape index (κ3) is 9.25. The van der Waals surface area contributed by atoms with Crippen molar-refractivity contribution in [2.75, 3.05) is 13.7 Å². The molecule has 0 aromatic carbocycles. The number of hydrogen-bond donors (Lipinski definition) is 1. The van der Waals surface area contributed by atoms with Crippen molar-refractivity contribution in [2.45, 2.75) is 52.9 Å². The highest BCUT2D eigenvalue weighted by molar-refractivity contribution is 5.97. The van der Waals surface area contributed by atoms with Gasteiger partial charge in [-0.25, -0.2) is 0 Å². The molecule has 0 unspecified atom stereocenters. The van der Waals surface area contributed by atoms with Gasteiger partial charge in [-0.15, -0.1) is 0 Å². The third-order valence-corrected chi connectivity index (χ3v) is 4.08. The van der Waals surface area contributed by atoms with E-state index in [0.717, 1.165) is 25.7 Å². The van der Waals surface area contributed by atoms with Crippen LogP contribution >= 0.6 is 0 Å². The van der Waals surface area contributed by atoms with E-state index in [2.05, 4.69) is 32.2 Å². The summed E-state index contributed by atoms with van der Waals surface area (Å²) in [6.07, 6.45) is 17.7. The summed E-state index contributed by atoms with van der Waals surface area (Å²) < 4.78 is 0. The van der Waals surface area contributed by atoms with Gasteiger partial charge in [0.25, 0.3) is 5.91 Å². The molecule has 150 valence electrons. The molecule has 0 aliphatic carbocycles. The standard InChI is InChI=1S/C23H37N3O/c1-7-11-17-21(15-8-2)23(27)26(10-4)20(5)16-13-12-14-18-22(9-3)25(6)19-24/h10-13,15,17-18H,4-5,7-9,14,16,19,24H2,1-3,6H3/b13-12?,17-11-,21-15+,22-18+. The summed E-state index contributed by atoms with van der Waals surface area (Å²) in [7, 11) is 1.99. The lowest BCUT2D eigenvalue weighted by Crippen LogP contribution is -2.25. The minimum absolute atomic E-state index is 0.0901. The summed E-state index contributed by atoms with van der Waals surface area (Å²) in [6.45, 7) is 14.5. The molecule has 0 saturated heterocycles. The van der Waals surface area contributed by atoms with Gasteiger partial charge in [-0.05, 0) is 25.7 Å². The molecule has 1 amide bonds. The van der Waals surface area contributed by atoms with Gasteiger partial charge in [-0.3, -0.25) is 9.69 Å². The largest absolute Gasteiger partial charge is 0.366 e. The molecule has 27 heavy (non-hydrogen) atoms. The SMILES string of the molecule is C=CN(C(=C)CC=CC/C=C(\CC)N(C)CN)C(=O)C(/C=C\CC)=C/CC. The quantitative estimate of drug-likeness (QED) is 0.208. The predicted octanol–water partition coefficient (Wildman–Crippen LogP) is 5.25. The van der Waals surface area contributed by atoms with Crippen LogP contribution < -0.4 is 5.73 Å². The maximum Gasteiger partial charge on any atom is 0.261 e. The zero-order chi connectivity index (χ0) is 20.7. The van der Waals surface area contributed by atoms with Crippen molar-refractivity contribution in [3.05, 3.63) is 72.8 Å². The molecule has 0 fully saturated rings. The van der Waals surface area contributed by atoms with Crippen LogP contribution in [0, 0.1) is 0 Å². The lowest BCUT2D eigenvalue weighted by molar-refractivity contribution is -0.122. The fraction of sp³-hybridized carbons (Fsp3) is 0.435. The van der Waals surface area contributed by atoms with Crippen LogP contribution in [0.25, 0.3) is 0 Å². The molecule has 0 saturated carbocycles. The number of carbonyl (C=O) groups excluding carboxylic acids is 1. The van der Waals surface area contributed by atoms with Crippen molar-refractivity contribution >= 4 is 5.91 Å². The van der Waals surface area contributed by atoms with Crippen molar-refractivity contribution < 1.29 is 4.79 Å². The van der Waals surface area contributed by atoms with E-state index in [-0.39, 0.29) is 5.91 Å². The Balaban J connectivity index is 4.92. The number of allylic oxidation sites excluding steroid dienone is 6. The third-order valence-electron chi connectivity index (χ3n) is 4.08. The lowest BCUT2D eigenvalue weighted by Gasteiger charge is -2.20. The Labute approximate surface area is 166 Å². The van der Waals surface area contributed by atoms with E-state index in [9.17, 15) is 4.79 Å². The minimum Gasteiger partial charge on any atom is -0.366 e. The lowest BCUT2D eigenvalue weighted by atomic mass is 10.1. The summed E-state index contributed by atoms with van der Waals surface area (Å²) in [5.74, 6) is -0.0901. The van der Waals surface area contributed by atoms with Crippen molar-refractivity contribution in [2.24, 2.45) is 5.73 Å². The van der Waals surface area contributed by atoms with E-state index in [1.807, 2.05) is 50.1 Å². The molecule has 2 N–H and O–H groups in total. The average Bonchev–Trinajstić information content (AvgIpc) is 2.67. The number of nitrogens with two attached hydrogens (primary N) is 1. The van der Waals surface area contributed by atoms with Gasteiger partial charge < -0.3 is 10.6 Å². The van der Waals surface area contributed by atoms with E-state index < -0.39 is 0 Å². The molecule has 0 aliphatic rings. The molecular weight excluding hydrogens is 334 g/mol. The fourth-order valence-corrected chi connectivity index (χ4v) is 2.49. The number of hydrogen-bond acceptors (Lipinski definition) is 3. The zero-order valence-electron chi connectivity index (χ0n) is 17.6. The van der Waals surface area contributed by atoms with E-state index in [1.54, 1.807) is 0 Å². The molecular formula is C23H37N3O. The van der Waals surface area contributed by atoms with E-state index >= 15 is 0 Å². The first-order valence-corrected chi connectivity index (χ1v) is 9.72. The van der Waals surface area contributed by atoms with Gasteiger partial charge in [-0.2, -0.15) is 0 Å². The van der Waals surface area contributed by atoms with E-state index in [4.69, 9.17) is 5.73 Å². The van der Waals surface area contributed by atoms with Crippen LogP contribution in [0.4, 0.5) is 0 Å². The summed E-state index contributed by atoms with van der Waals surface area (Å²) in [5.41, 5.74) is 8.27. The molecule has 0 radical (unpaired) electrons. The van der Waals surface area contributed by atoms with Gasteiger partial charge in [0.1, 0.15) is 0 Å². The Kier molecular flexibility index (Phi) is 13.5. The molecule has 0 spiro atoms. The van der Waals surface area contributed by atoms with Crippen LogP contribution in [-0.4, -0.2) is 29.4 Å². The number of rotatable bonds is 13. The monoisotopic (exact) mass is 371 g/mol. The van der Waals surface area contributed by atoms with Crippen LogP contribution in [-0.2, 0) is 4.79 Å². The molecule has 0 aliphatic heterocycles. The first kappa shape index (κ1) is 24.7. The van der Waals surface area contributed by atoms with Crippen LogP contribution in [0.1, 0.15) is 52.9 Å². The fourth-order valence-electron chi connectivity index (χ4n) is 2.49. The highest BCUT2D eigenvalue weighted by Gasteiger charge is 2.15. The summed E-state index contributed by atoms with van der Waals surface area (Å²) in [5, 5.41) is 0. The minimum atomic E-state index is -0.0901. The van der Waals surface area contributed by atoms with Gasteiger partial charge >= 0.3 is 0 Å². The highest BCUT2D eigenvalue weighted by Crippen LogP contribution is 2.15. The molecule has 0 bridgehead atoms. The number of nitrogens with zero attached hydrogens (tertiary/aromatic N) is 2. The highest BCUT2D eigenvalue weighted by atomic mass is 16.2. The maximum atomic E-state index is 12.8. The average molecular weight is 372 g/mol. The second-order valence-corrected chi connectivity index (χ2v) is 6.14. The van der Waals surface area contributed by atoms with Crippen LogP contribution in [0.2, 0.25) is 0 Å². The Morgan fingerprint density at radius 3 is 2.30 bits per heavy atom. The van der Waals surface area contributed by atoms with Gasteiger partial charge in [0, 0.05) is 36.6 Å². The van der Waals surface area contributed by atoms with E-state index in [0.29, 0.717) is 24.4 Å². The summed E-state index contributed by atoms with van der Waals surface area (Å²) in [4.78, 5) is 16.3. The predicted molar refractivity (Wildman–Crippen MR) is 118 cm³/mol. The smallest absolute Gasteiger partial charge is 0.261 e. The first-order valence-electron chi connectivity index (χ1n) is 9.72. The molecule has 0 rings (SSSR count). The maximum absolute atomic E-state index is 12.8.